The zero-order chi connectivity index (χ0) is 28.1. The van der Waals surface area contributed by atoms with Gasteiger partial charge in [-0.25, -0.2) is 4.79 Å². The Bertz CT molecular complexity index is 1310. The topological polar surface area (TPSA) is 102 Å². The lowest BCUT2D eigenvalue weighted by atomic mass is 9.71. The van der Waals surface area contributed by atoms with E-state index in [1.807, 2.05) is 31.2 Å². The van der Waals surface area contributed by atoms with Crippen LogP contribution in [0, 0.1) is 0 Å². The Labute approximate surface area is 228 Å². The maximum Gasteiger partial charge on any atom is 0.336 e. The van der Waals surface area contributed by atoms with Crippen molar-refractivity contribution in [3.63, 3.8) is 0 Å². The summed E-state index contributed by atoms with van der Waals surface area (Å²) in [7, 11) is 7.73. The van der Waals surface area contributed by atoms with E-state index >= 15 is 0 Å². The molecule has 9 nitrogen and oxygen atoms in total. The van der Waals surface area contributed by atoms with Gasteiger partial charge in [0.05, 0.1) is 46.5 Å². The minimum atomic E-state index is -0.739. The Balaban J connectivity index is 1.87. The lowest BCUT2D eigenvalue weighted by Crippen LogP contribution is -2.36. The molecule has 0 aromatic heterocycles. The monoisotopic (exact) mass is 537 g/mol. The average molecular weight is 538 g/mol. The van der Waals surface area contributed by atoms with Crippen molar-refractivity contribution in [1.29, 1.82) is 0 Å². The molecule has 39 heavy (non-hydrogen) atoms. The molecular weight excluding hydrogens is 502 g/mol. The predicted octanol–water partition coefficient (Wildman–Crippen LogP) is 4.27. The quantitative estimate of drug-likeness (QED) is 0.352. The van der Waals surface area contributed by atoms with Crippen LogP contribution >= 0.6 is 0 Å². The molecule has 2 unspecified atom stereocenters. The molecule has 1 aliphatic heterocycles. The molecule has 0 fully saturated rings. The highest BCUT2D eigenvalue weighted by Crippen LogP contribution is 2.51. The number of esters is 1. The summed E-state index contributed by atoms with van der Waals surface area (Å²) in [5, 5.41) is 3.36. The van der Waals surface area contributed by atoms with Gasteiger partial charge in [0.15, 0.2) is 17.3 Å². The van der Waals surface area contributed by atoms with E-state index in [-0.39, 0.29) is 31.3 Å². The first kappa shape index (κ1) is 28.0. The van der Waals surface area contributed by atoms with Gasteiger partial charge in [0.1, 0.15) is 12.4 Å². The van der Waals surface area contributed by atoms with Gasteiger partial charge in [-0.15, -0.1) is 0 Å². The number of ketones is 1. The molecule has 2 aliphatic rings. The molecule has 0 amide bonds. The molecule has 0 saturated heterocycles. The number of carbonyl (C=O) groups excluding carboxylic acids is 2. The van der Waals surface area contributed by atoms with Crippen molar-refractivity contribution < 1.29 is 38.0 Å². The number of carbonyl (C=O) groups is 2. The Kier molecular flexibility index (Phi) is 8.81. The molecule has 1 N–H and O–H groups in total. The minimum absolute atomic E-state index is 0.0730. The number of allylic oxidation sites excluding steroid dienone is 3. The molecule has 4 rings (SSSR count). The van der Waals surface area contributed by atoms with E-state index in [1.54, 1.807) is 19.2 Å². The molecule has 2 atom stereocenters. The normalized spacial score (nSPS) is 18.8. The van der Waals surface area contributed by atoms with Crippen molar-refractivity contribution in [3.05, 3.63) is 70.1 Å². The average Bonchev–Trinajstić information content (AvgIpc) is 2.95. The van der Waals surface area contributed by atoms with Crippen LogP contribution in [0.25, 0.3) is 0 Å². The molecule has 2 aromatic carbocycles. The van der Waals surface area contributed by atoms with E-state index in [2.05, 4.69) is 5.32 Å². The molecule has 2 aromatic rings. The molecule has 1 heterocycles. The molecule has 208 valence electrons. The van der Waals surface area contributed by atoms with Crippen LogP contribution in [-0.2, 0) is 19.1 Å². The Morgan fingerprint density at radius 3 is 2.23 bits per heavy atom. The van der Waals surface area contributed by atoms with Crippen LogP contribution in [0.4, 0.5) is 0 Å². The number of nitrogens with one attached hydrogen (secondary N) is 1. The first-order chi connectivity index (χ1) is 18.9. The number of benzene rings is 2. The second-order valence-electron chi connectivity index (χ2n) is 9.31. The summed E-state index contributed by atoms with van der Waals surface area (Å²) in [5.41, 5.74) is 3.77. The van der Waals surface area contributed by atoms with Crippen LogP contribution in [0.15, 0.2) is 58.9 Å². The number of rotatable bonds is 10. The van der Waals surface area contributed by atoms with Crippen molar-refractivity contribution in [3.8, 4) is 23.0 Å². The van der Waals surface area contributed by atoms with Gasteiger partial charge in [0.2, 0.25) is 5.75 Å². The summed E-state index contributed by atoms with van der Waals surface area (Å²) >= 11 is 0. The number of Topliss-reactive ketones (excluding diaryl/α,β-unsaturated/α-hetero) is 1. The zero-order valence-corrected chi connectivity index (χ0v) is 23.2. The smallest absolute Gasteiger partial charge is 0.336 e. The SMILES string of the molecule is COCCOC(=O)C1=C(C)NC2=C(C(=O)CC(c3ccccc3OC)C2)C1c1ccc(OC)c(OC)c1OC. The van der Waals surface area contributed by atoms with Gasteiger partial charge in [-0.1, -0.05) is 24.3 Å². The third kappa shape index (κ3) is 5.31. The van der Waals surface area contributed by atoms with Gasteiger partial charge in [-0.2, -0.15) is 0 Å². The van der Waals surface area contributed by atoms with E-state index in [0.717, 1.165) is 17.0 Å². The van der Waals surface area contributed by atoms with Crippen LogP contribution < -0.4 is 24.3 Å². The summed E-state index contributed by atoms with van der Waals surface area (Å²) in [4.78, 5) is 27.4. The summed E-state index contributed by atoms with van der Waals surface area (Å²) in [6.07, 6.45) is 0.828. The molecule has 0 spiro atoms. The molecule has 0 saturated carbocycles. The van der Waals surface area contributed by atoms with Crippen LogP contribution in [0.5, 0.6) is 23.0 Å². The molecule has 0 bridgehead atoms. The standard InChI is InChI=1S/C30H35NO8/c1-17-25(30(33)39-14-13-34-2)26(20-11-12-24(36-4)29(38-6)28(20)37-5)27-21(31-17)15-18(16-22(27)32)19-9-7-8-10-23(19)35-3/h7-12,18,26,31H,13-16H2,1-6H3. The summed E-state index contributed by atoms with van der Waals surface area (Å²) in [6, 6.07) is 11.3. The third-order valence-electron chi connectivity index (χ3n) is 7.19. The van der Waals surface area contributed by atoms with E-state index in [4.69, 9.17) is 28.4 Å². The fourth-order valence-electron chi connectivity index (χ4n) is 5.49. The van der Waals surface area contributed by atoms with Gasteiger partial charge in [-0.3, -0.25) is 4.79 Å². The lowest BCUT2D eigenvalue weighted by molar-refractivity contribution is -0.140. The van der Waals surface area contributed by atoms with Crippen molar-refractivity contribution in [1.82, 2.24) is 5.32 Å². The third-order valence-corrected chi connectivity index (χ3v) is 7.19. The Morgan fingerprint density at radius 1 is 0.846 bits per heavy atom. The van der Waals surface area contributed by atoms with Crippen LogP contribution in [0.1, 0.15) is 42.7 Å². The van der Waals surface area contributed by atoms with Gasteiger partial charge in [-0.05, 0) is 31.0 Å². The second kappa shape index (κ2) is 12.3. The summed E-state index contributed by atoms with van der Waals surface area (Å²) in [5.74, 6) is 0.526. The van der Waals surface area contributed by atoms with Crippen molar-refractivity contribution in [2.75, 3.05) is 48.8 Å². The number of para-hydroxylation sites is 1. The lowest BCUT2D eigenvalue weighted by Gasteiger charge is -2.37. The molecule has 0 radical (unpaired) electrons. The number of hydrogen-bond donors (Lipinski definition) is 1. The van der Waals surface area contributed by atoms with E-state index < -0.39 is 11.9 Å². The first-order valence-corrected chi connectivity index (χ1v) is 12.7. The van der Waals surface area contributed by atoms with Crippen LogP contribution in [-0.4, -0.2) is 60.5 Å². The first-order valence-electron chi connectivity index (χ1n) is 12.7. The van der Waals surface area contributed by atoms with Gasteiger partial charge < -0.3 is 33.7 Å². The fourth-order valence-corrected chi connectivity index (χ4v) is 5.49. The molecular formula is C30H35NO8. The molecule has 9 heteroatoms. The highest BCUT2D eigenvalue weighted by Gasteiger charge is 2.43. The predicted molar refractivity (Wildman–Crippen MR) is 145 cm³/mol. The highest BCUT2D eigenvalue weighted by atomic mass is 16.6. The van der Waals surface area contributed by atoms with Gasteiger partial charge in [0, 0.05) is 42.0 Å². The van der Waals surface area contributed by atoms with Crippen LogP contribution in [0.2, 0.25) is 0 Å². The summed E-state index contributed by atoms with van der Waals surface area (Å²) in [6.45, 7) is 2.15. The fraction of sp³-hybridized carbons (Fsp3) is 0.400. The van der Waals surface area contributed by atoms with Gasteiger partial charge >= 0.3 is 5.97 Å². The van der Waals surface area contributed by atoms with E-state index in [0.29, 0.717) is 46.1 Å². The number of dihydropyridines is 1. The largest absolute Gasteiger partial charge is 0.496 e. The van der Waals surface area contributed by atoms with Crippen LogP contribution in [0.3, 0.4) is 0 Å². The number of methoxy groups -OCH3 is 5. The minimum Gasteiger partial charge on any atom is -0.496 e. The van der Waals surface area contributed by atoms with E-state index in [9.17, 15) is 9.59 Å². The van der Waals surface area contributed by atoms with Crippen molar-refractivity contribution in [2.24, 2.45) is 0 Å². The Hall–Kier alpha value is -3.98. The maximum absolute atomic E-state index is 14.0. The number of hydrogen-bond acceptors (Lipinski definition) is 9. The van der Waals surface area contributed by atoms with Gasteiger partial charge in [0.25, 0.3) is 0 Å². The summed E-state index contributed by atoms with van der Waals surface area (Å²) < 4.78 is 33.1. The van der Waals surface area contributed by atoms with Crippen molar-refractivity contribution >= 4 is 11.8 Å². The van der Waals surface area contributed by atoms with Crippen molar-refractivity contribution in [2.45, 2.75) is 31.6 Å². The zero-order valence-electron chi connectivity index (χ0n) is 23.2. The Morgan fingerprint density at radius 2 is 1.56 bits per heavy atom. The number of ether oxygens (including phenoxy) is 6. The van der Waals surface area contributed by atoms with E-state index in [1.165, 1.54) is 28.4 Å². The highest BCUT2D eigenvalue weighted by molar-refractivity contribution is 6.04. The molecule has 1 aliphatic carbocycles. The maximum atomic E-state index is 14.0. The second-order valence-corrected chi connectivity index (χ2v) is 9.31.